The van der Waals surface area contributed by atoms with Crippen LogP contribution in [-0.4, -0.2) is 6.54 Å². The maximum absolute atomic E-state index is 8.91. The minimum Gasteiger partial charge on any atom is -0.384 e. The molecule has 0 atom stereocenters. The number of nitriles is 1. The molecule has 0 fully saturated rings. The lowest BCUT2D eigenvalue weighted by atomic mass is 9.89. The van der Waals surface area contributed by atoms with Crippen molar-refractivity contribution in [1.82, 2.24) is 0 Å². The molecule has 18 heavy (non-hydrogen) atoms. The summed E-state index contributed by atoms with van der Waals surface area (Å²) in [6.07, 6.45) is 3.05. The first-order valence-corrected chi connectivity index (χ1v) is 7.22. The lowest BCUT2D eigenvalue weighted by Crippen LogP contribution is -2.09. The summed E-state index contributed by atoms with van der Waals surface area (Å²) in [6.45, 7) is 4.87. The summed E-state index contributed by atoms with van der Waals surface area (Å²) in [4.78, 5) is 0. The summed E-state index contributed by atoms with van der Waals surface area (Å²) < 4.78 is 0.979. The van der Waals surface area contributed by atoms with Crippen molar-refractivity contribution in [2.45, 2.75) is 33.1 Å². The van der Waals surface area contributed by atoms with Crippen LogP contribution < -0.4 is 5.32 Å². The number of anilines is 1. The van der Waals surface area contributed by atoms with Crippen LogP contribution in [0.3, 0.4) is 0 Å². The van der Waals surface area contributed by atoms with Gasteiger partial charge in [-0.15, -0.1) is 0 Å². The number of nitrogens with one attached hydrogen (secondary N) is 1. The van der Waals surface area contributed by atoms with Crippen LogP contribution in [-0.2, 0) is 0 Å². The fraction of sp³-hybridized carbons (Fsp3) is 0.500. The van der Waals surface area contributed by atoms with Gasteiger partial charge in [-0.05, 0) is 60.8 Å². The predicted octanol–water partition coefficient (Wildman–Crippen LogP) is 5.23. The smallest absolute Gasteiger partial charge is 0.0683 e. The van der Waals surface area contributed by atoms with Gasteiger partial charge in [0, 0.05) is 21.7 Å². The van der Waals surface area contributed by atoms with Gasteiger partial charge in [0.1, 0.15) is 0 Å². The lowest BCUT2D eigenvalue weighted by Gasteiger charge is -2.14. The highest BCUT2D eigenvalue weighted by atomic mass is 79.9. The van der Waals surface area contributed by atoms with E-state index in [1.54, 1.807) is 0 Å². The van der Waals surface area contributed by atoms with Crippen LogP contribution in [0.4, 0.5) is 5.69 Å². The molecule has 0 unspecified atom stereocenters. The van der Waals surface area contributed by atoms with Crippen molar-refractivity contribution in [2.24, 2.45) is 5.41 Å². The van der Waals surface area contributed by atoms with Gasteiger partial charge in [-0.3, -0.25) is 0 Å². The van der Waals surface area contributed by atoms with E-state index < -0.39 is 0 Å². The first-order valence-electron chi connectivity index (χ1n) is 6.05. The van der Waals surface area contributed by atoms with Gasteiger partial charge in [-0.25, -0.2) is 0 Å². The number of halogens is 2. The topological polar surface area (TPSA) is 35.8 Å². The summed E-state index contributed by atoms with van der Waals surface area (Å²) in [5.74, 6) is 0. The minimum absolute atomic E-state index is 0.207. The van der Waals surface area contributed by atoms with Crippen LogP contribution in [0.1, 0.15) is 33.1 Å². The predicted molar refractivity (Wildman–Crippen MR) is 80.9 cm³/mol. The van der Waals surface area contributed by atoms with Crippen LogP contribution in [0.15, 0.2) is 22.7 Å². The highest BCUT2D eigenvalue weighted by Gasteiger charge is 2.15. The third kappa shape index (κ3) is 5.29. The van der Waals surface area contributed by atoms with E-state index >= 15 is 0 Å². The molecule has 4 heteroatoms. The lowest BCUT2D eigenvalue weighted by molar-refractivity contribution is 0.430. The Morgan fingerprint density at radius 1 is 1.39 bits per heavy atom. The second-order valence-electron chi connectivity index (χ2n) is 5.00. The number of unbranched alkanes of at least 4 members (excludes halogenated alkanes) is 1. The highest BCUT2D eigenvalue weighted by Crippen LogP contribution is 2.26. The second kappa shape index (κ2) is 7.01. The van der Waals surface area contributed by atoms with E-state index in [-0.39, 0.29) is 5.41 Å². The Kier molecular flexibility index (Phi) is 5.98. The molecular formula is C14H18BrClN2. The standard InChI is InChI=1S/C14H18BrClN2/c1-14(2,10-17)7-3-4-8-18-13-6-5-11(16)9-12(13)15/h5-6,9,18H,3-4,7-8H2,1-2H3. The van der Waals surface area contributed by atoms with E-state index in [9.17, 15) is 0 Å². The third-order valence-corrected chi connectivity index (χ3v) is 3.67. The molecule has 98 valence electrons. The minimum atomic E-state index is -0.207. The van der Waals surface area contributed by atoms with Gasteiger partial charge in [-0.2, -0.15) is 5.26 Å². The normalized spacial score (nSPS) is 11.1. The maximum Gasteiger partial charge on any atom is 0.0683 e. The zero-order chi connectivity index (χ0) is 13.6. The Bertz CT molecular complexity index is 438. The fourth-order valence-electron chi connectivity index (χ4n) is 1.60. The molecule has 0 saturated heterocycles. The third-order valence-electron chi connectivity index (χ3n) is 2.78. The molecule has 0 aliphatic carbocycles. The number of rotatable bonds is 6. The Labute approximate surface area is 122 Å². The average Bonchev–Trinajstić information content (AvgIpc) is 2.31. The number of hydrogen-bond acceptors (Lipinski definition) is 2. The molecule has 0 saturated carbocycles. The molecule has 1 N–H and O–H groups in total. The van der Waals surface area contributed by atoms with E-state index in [1.165, 1.54) is 0 Å². The molecule has 0 amide bonds. The molecule has 0 heterocycles. The largest absolute Gasteiger partial charge is 0.384 e. The van der Waals surface area contributed by atoms with Gasteiger partial charge in [0.2, 0.25) is 0 Å². The molecule has 0 aliphatic rings. The van der Waals surface area contributed by atoms with Crippen LogP contribution in [0.25, 0.3) is 0 Å². The van der Waals surface area contributed by atoms with E-state index in [4.69, 9.17) is 16.9 Å². The molecule has 2 nitrogen and oxygen atoms in total. The van der Waals surface area contributed by atoms with Crippen molar-refractivity contribution < 1.29 is 0 Å². The van der Waals surface area contributed by atoms with Crippen LogP contribution in [0.2, 0.25) is 5.02 Å². The summed E-state index contributed by atoms with van der Waals surface area (Å²) in [5.41, 5.74) is 0.847. The van der Waals surface area contributed by atoms with Crippen molar-refractivity contribution in [2.75, 3.05) is 11.9 Å². The average molecular weight is 330 g/mol. The van der Waals surface area contributed by atoms with Crippen molar-refractivity contribution in [3.05, 3.63) is 27.7 Å². The first kappa shape index (κ1) is 15.3. The molecule has 0 aliphatic heterocycles. The van der Waals surface area contributed by atoms with Gasteiger partial charge < -0.3 is 5.32 Å². The zero-order valence-electron chi connectivity index (χ0n) is 10.8. The number of benzene rings is 1. The van der Waals surface area contributed by atoms with E-state index in [2.05, 4.69) is 27.3 Å². The summed E-state index contributed by atoms with van der Waals surface area (Å²) >= 11 is 9.35. The van der Waals surface area contributed by atoms with Crippen molar-refractivity contribution in [1.29, 1.82) is 5.26 Å². The summed E-state index contributed by atoms with van der Waals surface area (Å²) in [7, 11) is 0. The van der Waals surface area contributed by atoms with Gasteiger partial charge in [0.05, 0.1) is 11.5 Å². The Morgan fingerprint density at radius 3 is 2.72 bits per heavy atom. The molecule has 0 spiro atoms. The van der Waals surface area contributed by atoms with Crippen LogP contribution in [0.5, 0.6) is 0 Å². The molecule has 0 radical (unpaired) electrons. The van der Waals surface area contributed by atoms with Gasteiger partial charge in [0.25, 0.3) is 0 Å². The van der Waals surface area contributed by atoms with E-state index in [0.29, 0.717) is 0 Å². The first-order chi connectivity index (χ1) is 8.44. The number of nitrogens with zero attached hydrogens (tertiary/aromatic N) is 1. The van der Waals surface area contributed by atoms with Crippen LogP contribution in [0, 0.1) is 16.7 Å². The maximum atomic E-state index is 8.91. The molecule has 0 bridgehead atoms. The molecule has 0 aromatic heterocycles. The van der Waals surface area contributed by atoms with Crippen molar-refractivity contribution in [3.63, 3.8) is 0 Å². The monoisotopic (exact) mass is 328 g/mol. The Balaban J connectivity index is 2.29. The number of hydrogen-bond donors (Lipinski definition) is 1. The molecule has 1 aromatic rings. The molecule has 1 rings (SSSR count). The van der Waals surface area contributed by atoms with Crippen molar-refractivity contribution in [3.8, 4) is 6.07 Å². The zero-order valence-corrected chi connectivity index (χ0v) is 13.1. The van der Waals surface area contributed by atoms with Gasteiger partial charge >= 0.3 is 0 Å². The highest BCUT2D eigenvalue weighted by molar-refractivity contribution is 9.10. The van der Waals surface area contributed by atoms with E-state index in [0.717, 1.165) is 41.0 Å². The van der Waals surface area contributed by atoms with Crippen molar-refractivity contribution >= 4 is 33.2 Å². The molecule has 1 aromatic carbocycles. The van der Waals surface area contributed by atoms with Crippen LogP contribution >= 0.6 is 27.5 Å². The Hall–Kier alpha value is -0.720. The van der Waals surface area contributed by atoms with Gasteiger partial charge in [-0.1, -0.05) is 18.0 Å². The summed E-state index contributed by atoms with van der Waals surface area (Å²) in [5, 5.41) is 13.0. The second-order valence-corrected chi connectivity index (χ2v) is 6.29. The van der Waals surface area contributed by atoms with E-state index in [1.807, 2.05) is 32.0 Å². The SMILES string of the molecule is CC(C)(C#N)CCCCNc1ccc(Cl)cc1Br. The Morgan fingerprint density at radius 2 is 2.11 bits per heavy atom. The summed E-state index contributed by atoms with van der Waals surface area (Å²) in [6, 6.07) is 8.03. The quantitative estimate of drug-likeness (QED) is 0.725. The van der Waals surface area contributed by atoms with Gasteiger partial charge in [0.15, 0.2) is 0 Å². The molecular weight excluding hydrogens is 312 g/mol. The fourth-order valence-corrected chi connectivity index (χ4v) is 2.43.